The van der Waals surface area contributed by atoms with E-state index in [0.29, 0.717) is 29.1 Å². The SMILES string of the molecule is Cl.O=C(NCC1CCCN(C(=O)Cc2ccc(Cl)cc2Cl)C1)C1CCCN1. The van der Waals surface area contributed by atoms with Gasteiger partial charge in [0, 0.05) is 29.7 Å². The molecule has 0 radical (unpaired) electrons. The average Bonchev–Trinajstić information content (AvgIpc) is 3.17. The molecular formula is C19H26Cl3N3O2. The van der Waals surface area contributed by atoms with Crippen molar-refractivity contribution in [2.45, 2.75) is 38.1 Å². The third-order valence-corrected chi connectivity index (χ3v) is 5.76. The Morgan fingerprint density at radius 2 is 2.04 bits per heavy atom. The molecule has 2 N–H and O–H groups in total. The maximum absolute atomic E-state index is 12.6. The van der Waals surface area contributed by atoms with Gasteiger partial charge in [-0.2, -0.15) is 0 Å². The van der Waals surface area contributed by atoms with Crippen LogP contribution in [0.4, 0.5) is 0 Å². The maximum Gasteiger partial charge on any atom is 0.237 e. The molecule has 1 aromatic rings. The summed E-state index contributed by atoms with van der Waals surface area (Å²) in [6.45, 7) is 2.99. The summed E-state index contributed by atoms with van der Waals surface area (Å²) < 4.78 is 0. The van der Waals surface area contributed by atoms with E-state index < -0.39 is 0 Å². The quantitative estimate of drug-likeness (QED) is 0.749. The van der Waals surface area contributed by atoms with E-state index >= 15 is 0 Å². The molecule has 0 saturated carbocycles. The zero-order valence-corrected chi connectivity index (χ0v) is 17.5. The third kappa shape index (κ3) is 6.24. The second-order valence-electron chi connectivity index (χ2n) is 7.15. The van der Waals surface area contributed by atoms with Crippen molar-refractivity contribution in [3.8, 4) is 0 Å². The molecule has 8 heteroatoms. The Hall–Kier alpha value is -1.01. The molecule has 2 aliphatic rings. The first-order valence-corrected chi connectivity index (χ1v) is 10.0. The molecule has 27 heavy (non-hydrogen) atoms. The fourth-order valence-electron chi connectivity index (χ4n) is 3.67. The van der Waals surface area contributed by atoms with Crippen LogP contribution in [0, 0.1) is 5.92 Å². The van der Waals surface area contributed by atoms with Gasteiger partial charge in [-0.3, -0.25) is 9.59 Å². The highest BCUT2D eigenvalue weighted by molar-refractivity contribution is 6.35. The highest BCUT2D eigenvalue weighted by Crippen LogP contribution is 2.23. The van der Waals surface area contributed by atoms with Gasteiger partial charge >= 0.3 is 0 Å². The lowest BCUT2D eigenvalue weighted by Crippen LogP contribution is -2.47. The molecule has 2 unspecified atom stereocenters. The predicted molar refractivity (Wildman–Crippen MR) is 111 cm³/mol. The lowest BCUT2D eigenvalue weighted by atomic mass is 9.97. The predicted octanol–water partition coefficient (Wildman–Crippen LogP) is 3.06. The molecule has 0 aromatic heterocycles. The minimum absolute atomic E-state index is 0. The Morgan fingerprint density at radius 3 is 2.74 bits per heavy atom. The van der Waals surface area contributed by atoms with Gasteiger partial charge in [0.15, 0.2) is 0 Å². The molecule has 0 bridgehead atoms. The number of hydrogen-bond donors (Lipinski definition) is 2. The number of hydrogen-bond acceptors (Lipinski definition) is 3. The first-order chi connectivity index (χ1) is 12.5. The Bertz CT molecular complexity index is 666. The average molecular weight is 435 g/mol. The number of nitrogens with zero attached hydrogens (tertiary/aromatic N) is 1. The zero-order chi connectivity index (χ0) is 18.5. The van der Waals surface area contributed by atoms with Crippen LogP contribution in [0.2, 0.25) is 10.0 Å². The molecule has 3 rings (SSSR count). The molecule has 2 atom stereocenters. The number of benzene rings is 1. The highest BCUT2D eigenvalue weighted by Gasteiger charge is 2.26. The summed E-state index contributed by atoms with van der Waals surface area (Å²) in [6, 6.07) is 5.17. The number of likely N-dealkylation sites (tertiary alicyclic amines) is 1. The topological polar surface area (TPSA) is 61.4 Å². The van der Waals surface area contributed by atoms with Gasteiger partial charge in [0.1, 0.15) is 0 Å². The van der Waals surface area contributed by atoms with Crippen LogP contribution in [0.1, 0.15) is 31.2 Å². The molecule has 1 aromatic carbocycles. The number of halogens is 3. The second-order valence-corrected chi connectivity index (χ2v) is 8.00. The van der Waals surface area contributed by atoms with Crippen molar-refractivity contribution in [3.05, 3.63) is 33.8 Å². The first kappa shape index (κ1) is 22.3. The highest BCUT2D eigenvalue weighted by atomic mass is 35.5. The van der Waals surface area contributed by atoms with Crippen molar-refractivity contribution in [1.82, 2.24) is 15.5 Å². The summed E-state index contributed by atoms with van der Waals surface area (Å²) >= 11 is 12.1. The summed E-state index contributed by atoms with van der Waals surface area (Å²) in [6.07, 6.45) is 4.23. The van der Waals surface area contributed by atoms with Gasteiger partial charge in [-0.15, -0.1) is 12.4 Å². The van der Waals surface area contributed by atoms with Gasteiger partial charge in [-0.05, 0) is 55.8 Å². The minimum atomic E-state index is -0.0524. The second kappa shape index (κ2) is 10.5. The van der Waals surface area contributed by atoms with Crippen LogP contribution in [0.3, 0.4) is 0 Å². The van der Waals surface area contributed by atoms with Crippen molar-refractivity contribution >= 4 is 47.4 Å². The third-order valence-electron chi connectivity index (χ3n) is 5.17. The van der Waals surface area contributed by atoms with E-state index in [-0.39, 0.29) is 36.7 Å². The first-order valence-electron chi connectivity index (χ1n) is 9.25. The molecule has 5 nitrogen and oxygen atoms in total. The van der Waals surface area contributed by atoms with Gasteiger partial charge in [-0.25, -0.2) is 0 Å². The van der Waals surface area contributed by atoms with Crippen molar-refractivity contribution in [1.29, 1.82) is 0 Å². The van der Waals surface area contributed by atoms with E-state index in [1.807, 2.05) is 4.90 Å². The van der Waals surface area contributed by atoms with Crippen LogP contribution >= 0.6 is 35.6 Å². The number of carbonyl (C=O) groups excluding carboxylic acids is 2. The Labute approximate surface area is 176 Å². The van der Waals surface area contributed by atoms with E-state index in [2.05, 4.69) is 10.6 Å². The van der Waals surface area contributed by atoms with Crippen LogP contribution in [-0.4, -0.2) is 48.9 Å². The van der Waals surface area contributed by atoms with Gasteiger partial charge < -0.3 is 15.5 Å². The fourth-order valence-corrected chi connectivity index (χ4v) is 4.15. The molecule has 2 heterocycles. The van der Waals surface area contributed by atoms with Crippen molar-refractivity contribution in [3.63, 3.8) is 0 Å². The standard InChI is InChI=1S/C19H25Cl2N3O2.ClH/c20-15-6-5-14(16(21)10-15)9-18(25)24-8-2-3-13(12-24)11-23-19(26)17-4-1-7-22-17;/h5-6,10,13,17,22H,1-4,7-9,11-12H2,(H,23,26);1H. The maximum atomic E-state index is 12.6. The van der Waals surface area contributed by atoms with Crippen LogP contribution in [0.15, 0.2) is 18.2 Å². The summed E-state index contributed by atoms with van der Waals surface area (Å²) in [7, 11) is 0. The van der Waals surface area contributed by atoms with Gasteiger partial charge in [0.05, 0.1) is 12.5 Å². The Kier molecular flexibility index (Phi) is 8.67. The Balaban J connectivity index is 0.00000261. The van der Waals surface area contributed by atoms with Crippen LogP contribution in [-0.2, 0) is 16.0 Å². The lowest BCUT2D eigenvalue weighted by Gasteiger charge is -2.33. The molecule has 2 fully saturated rings. The summed E-state index contributed by atoms with van der Waals surface area (Å²) in [4.78, 5) is 26.7. The number of rotatable bonds is 5. The molecule has 0 aliphatic carbocycles. The monoisotopic (exact) mass is 433 g/mol. The minimum Gasteiger partial charge on any atom is -0.354 e. The molecule has 2 saturated heterocycles. The van der Waals surface area contributed by atoms with Crippen LogP contribution < -0.4 is 10.6 Å². The summed E-state index contributed by atoms with van der Waals surface area (Å²) in [5.41, 5.74) is 0.795. The number of carbonyl (C=O) groups is 2. The van der Waals surface area contributed by atoms with E-state index in [0.717, 1.165) is 44.3 Å². The van der Waals surface area contributed by atoms with Crippen LogP contribution in [0.5, 0.6) is 0 Å². The summed E-state index contributed by atoms with van der Waals surface area (Å²) in [5.74, 6) is 0.459. The van der Waals surface area contributed by atoms with E-state index in [1.165, 1.54) is 0 Å². The van der Waals surface area contributed by atoms with Crippen LogP contribution in [0.25, 0.3) is 0 Å². The smallest absolute Gasteiger partial charge is 0.237 e. The lowest BCUT2D eigenvalue weighted by molar-refractivity contribution is -0.132. The number of nitrogens with one attached hydrogen (secondary N) is 2. The van der Waals surface area contributed by atoms with Crippen molar-refractivity contribution < 1.29 is 9.59 Å². The summed E-state index contributed by atoms with van der Waals surface area (Å²) in [5, 5.41) is 7.34. The van der Waals surface area contributed by atoms with Gasteiger partial charge in [0.2, 0.25) is 11.8 Å². The van der Waals surface area contributed by atoms with E-state index in [1.54, 1.807) is 18.2 Å². The Morgan fingerprint density at radius 1 is 1.22 bits per heavy atom. The van der Waals surface area contributed by atoms with E-state index in [9.17, 15) is 9.59 Å². The molecule has 0 spiro atoms. The van der Waals surface area contributed by atoms with Gasteiger partial charge in [-0.1, -0.05) is 29.3 Å². The van der Waals surface area contributed by atoms with Crippen molar-refractivity contribution in [2.24, 2.45) is 5.92 Å². The van der Waals surface area contributed by atoms with E-state index in [4.69, 9.17) is 23.2 Å². The number of piperidine rings is 1. The molecular weight excluding hydrogens is 409 g/mol. The normalized spacial score (nSPS) is 22.2. The zero-order valence-electron chi connectivity index (χ0n) is 15.2. The fraction of sp³-hybridized carbons (Fsp3) is 0.579. The number of amides is 2. The van der Waals surface area contributed by atoms with Crippen molar-refractivity contribution in [2.75, 3.05) is 26.2 Å². The largest absolute Gasteiger partial charge is 0.354 e. The molecule has 150 valence electrons. The molecule has 2 aliphatic heterocycles. The molecule has 2 amide bonds. The van der Waals surface area contributed by atoms with Gasteiger partial charge in [0.25, 0.3) is 0 Å².